The third-order valence-electron chi connectivity index (χ3n) is 7.35. The molecule has 3 atom stereocenters. The molecule has 1 aliphatic heterocycles. The summed E-state index contributed by atoms with van der Waals surface area (Å²) in [6.45, 7) is 2.77. The number of aliphatic carboxylic acids is 1. The number of likely N-dealkylation sites (tertiary alicyclic amines) is 1. The van der Waals surface area contributed by atoms with Crippen molar-refractivity contribution in [2.75, 3.05) is 26.7 Å². The Morgan fingerprint density at radius 3 is 2.89 bits per heavy atom. The van der Waals surface area contributed by atoms with Crippen molar-refractivity contribution in [2.45, 2.75) is 51.1 Å². The van der Waals surface area contributed by atoms with E-state index in [2.05, 4.69) is 20.1 Å². The number of methoxy groups -OCH3 is 1. The summed E-state index contributed by atoms with van der Waals surface area (Å²) in [5.74, 6) is 0.493. The number of piperidine rings is 1. The lowest BCUT2D eigenvalue weighted by atomic mass is 9.79. The molecule has 2 unspecified atom stereocenters. The number of pyridine rings is 1. The quantitative estimate of drug-likeness (QED) is 0.367. The Morgan fingerprint density at radius 2 is 2.11 bits per heavy atom. The second-order valence-electron chi connectivity index (χ2n) is 9.69. The van der Waals surface area contributed by atoms with E-state index in [0.29, 0.717) is 30.1 Å². The van der Waals surface area contributed by atoms with E-state index in [1.807, 2.05) is 30.3 Å². The first-order valence-electron chi connectivity index (χ1n) is 12.8. The van der Waals surface area contributed by atoms with E-state index in [4.69, 9.17) is 4.74 Å². The molecule has 3 heterocycles. The molecular formula is C28H35FN4O3. The molecule has 0 amide bonds. The van der Waals surface area contributed by atoms with Gasteiger partial charge in [-0.1, -0.05) is 0 Å². The summed E-state index contributed by atoms with van der Waals surface area (Å²) in [4.78, 5) is 18.1. The summed E-state index contributed by atoms with van der Waals surface area (Å²) in [6.07, 6.45) is 7.00. The molecular weight excluding hydrogens is 459 g/mol. The first-order chi connectivity index (χ1) is 17.5. The van der Waals surface area contributed by atoms with Gasteiger partial charge in [0.1, 0.15) is 11.9 Å². The Bertz CT molecular complexity index is 1130. The molecule has 1 aromatic carbocycles. The Kier molecular flexibility index (Phi) is 9.17. The molecule has 36 heavy (non-hydrogen) atoms. The molecule has 1 fully saturated rings. The number of carboxylic acid groups (broad SMARTS) is 1. The zero-order chi connectivity index (χ0) is 25.3. The standard InChI is InChI=1S/C28H35FN4O3/c1-36-23-8-10-27-25(18-23)24(12-15-30-27)26(29)9-6-20-13-17-33(19-21(20)7-11-28(34)35)16-3-5-22-4-2-14-31-32-22/h2,4,8,10,12,14-15,18,20-21,26H,3,5-7,9,11,13,16-17,19H2,1H3,(H,34,35)/t20?,21?,26-/m0/s1. The SMILES string of the molecule is COc1ccc2nccc([C@@H](F)CCC3CCN(CCCc4cccnn4)CC3CCC(=O)O)c2c1. The minimum absolute atomic E-state index is 0.155. The molecule has 192 valence electrons. The zero-order valence-corrected chi connectivity index (χ0v) is 20.9. The van der Waals surface area contributed by atoms with Gasteiger partial charge in [0.2, 0.25) is 0 Å². The fourth-order valence-electron chi connectivity index (χ4n) is 5.39. The number of benzene rings is 1. The van der Waals surface area contributed by atoms with E-state index in [1.54, 1.807) is 25.6 Å². The van der Waals surface area contributed by atoms with Crippen molar-refractivity contribution in [2.24, 2.45) is 11.8 Å². The number of hydrogen-bond donors (Lipinski definition) is 1. The Hall–Kier alpha value is -3.13. The molecule has 0 aliphatic carbocycles. The van der Waals surface area contributed by atoms with E-state index in [-0.39, 0.29) is 12.3 Å². The molecule has 0 radical (unpaired) electrons. The number of carbonyl (C=O) groups is 1. The predicted octanol–water partition coefficient (Wildman–Crippen LogP) is 5.26. The van der Waals surface area contributed by atoms with Crippen LogP contribution >= 0.6 is 0 Å². The van der Waals surface area contributed by atoms with Gasteiger partial charge < -0.3 is 14.7 Å². The average molecular weight is 495 g/mol. The summed E-state index contributed by atoms with van der Waals surface area (Å²) in [5.41, 5.74) is 2.39. The van der Waals surface area contributed by atoms with E-state index in [1.165, 1.54) is 0 Å². The summed E-state index contributed by atoms with van der Waals surface area (Å²) >= 11 is 0. The predicted molar refractivity (Wildman–Crippen MR) is 137 cm³/mol. The number of hydrogen-bond acceptors (Lipinski definition) is 6. The highest BCUT2D eigenvalue weighted by Crippen LogP contribution is 2.36. The van der Waals surface area contributed by atoms with Crippen LogP contribution in [0.3, 0.4) is 0 Å². The Morgan fingerprint density at radius 1 is 1.22 bits per heavy atom. The number of fused-ring (bicyclic) bond motifs is 1. The first kappa shape index (κ1) is 25.9. The lowest BCUT2D eigenvalue weighted by Gasteiger charge is -2.39. The topological polar surface area (TPSA) is 88.4 Å². The van der Waals surface area contributed by atoms with Crippen LogP contribution in [0.5, 0.6) is 5.75 Å². The number of carboxylic acids is 1. The maximum Gasteiger partial charge on any atom is 0.303 e. The fraction of sp³-hybridized carbons (Fsp3) is 0.500. The number of aryl methyl sites for hydroxylation is 1. The van der Waals surface area contributed by atoms with Crippen molar-refractivity contribution >= 4 is 16.9 Å². The fourth-order valence-corrected chi connectivity index (χ4v) is 5.39. The van der Waals surface area contributed by atoms with Crippen LogP contribution in [0, 0.1) is 11.8 Å². The number of aromatic nitrogens is 3. The lowest BCUT2D eigenvalue weighted by Crippen LogP contribution is -2.41. The van der Waals surface area contributed by atoms with Crippen LogP contribution in [0.2, 0.25) is 0 Å². The molecule has 7 nitrogen and oxygen atoms in total. The molecule has 1 aliphatic rings. The summed E-state index contributed by atoms with van der Waals surface area (Å²) in [5, 5.41) is 18.1. The molecule has 1 N–H and O–H groups in total. The molecule has 4 rings (SSSR count). The van der Waals surface area contributed by atoms with Gasteiger partial charge in [-0.3, -0.25) is 9.78 Å². The third kappa shape index (κ3) is 6.97. The minimum Gasteiger partial charge on any atom is -0.497 e. The lowest BCUT2D eigenvalue weighted by molar-refractivity contribution is -0.137. The molecule has 2 aromatic heterocycles. The normalized spacial score (nSPS) is 19.3. The van der Waals surface area contributed by atoms with Crippen LogP contribution in [0.25, 0.3) is 10.9 Å². The monoisotopic (exact) mass is 494 g/mol. The van der Waals surface area contributed by atoms with Gasteiger partial charge in [0.05, 0.1) is 18.3 Å². The van der Waals surface area contributed by atoms with Gasteiger partial charge in [-0.2, -0.15) is 10.2 Å². The zero-order valence-electron chi connectivity index (χ0n) is 20.9. The average Bonchev–Trinajstić information content (AvgIpc) is 2.91. The number of halogens is 1. The maximum absolute atomic E-state index is 15.5. The second kappa shape index (κ2) is 12.7. The summed E-state index contributed by atoms with van der Waals surface area (Å²) in [6, 6.07) is 11.2. The smallest absolute Gasteiger partial charge is 0.303 e. The molecule has 1 saturated heterocycles. The number of rotatable bonds is 12. The Balaban J connectivity index is 1.35. The van der Waals surface area contributed by atoms with Crippen LogP contribution < -0.4 is 4.74 Å². The van der Waals surface area contributed by atoms with Crippen LogP contribution in [0.1, 0.15) is 56.0 Å². The van der Waals surface area contributed by atoms with Gasteiger partial charge in [0.25, 0.3) is 0 Å². The number of ether oxygens (including phenoxy) is 1. The van der Waals surface area contributed by atoms with Crippen molar-refractivity contribution in [3.8, 4) is 5.75 Å². The molecule has 0 bridgehead atoms. The van der Waals surface area contributed by atoms with E-state index < -0.39 is 12.1 Å². The van der Waals surface area contributed by atoms with E-state index in [0.717, 1.165) is 61.9 Å². The van der Waals surface area contributed by atoms with E-state index in [9.17, 15) is 9.90 Å². The van der Waals surface area contributed by atoms with Crippen LogP contribution in [0.15, 0.2) is 48.8 Å². The molecule has 0 spiro atoms. The molecule has 0 saturated carbocycles. The maximum atomic E-state index is 15.5. The van der Waals surface area contributed by atoms with Crippen molar-refractivity contribution in [3.63, 3.8) is 0 Å². The van der Waals surface area contributed by atoms with Crippen LogP contribution in [0.4, 0.5) is 4.39 Å². The summed E-state index contributed by atoms with van der Waals surface area (Å²) in [7, 11) is 1.60. The third-order valence-corrected chi connectivity index (χ3v) is 7.35. The molecule has 8 heteroatoms. The van der Waals surface area contributed by atoms with Crippen LogP contribution in [-0.2, 0) is 11.2 Å². The van der Waals surface area contributed by atoms with Gasteiger partial charge >= 0.3 is 5.97 Å². The minimum atomic E-state index is -1.10. The highest BCUT2D eigenvalue weighted by atomic mass is 19.1. The van der Waals surface area contributed by atoms with Crippen molar-refractivity contribution in [3.05, 3.63) is 60.0 Å². The number of nitrogens with zero attached hydrogens (tertiary/aromatic N) is 4. The van der Waals surface area contributed by atoms with Gasteiger partial charge in [-0.25, -0.2) is 4.39 Å². The van der Waals surface area contributed by atoms with Crippen molar-refractivity contribution in [1.29, 1.82) is 0 Å². The Labute approximate surface area is 211 Å². The second-order valence-corrected chi connectivity index (χ2v) is 9.69. The van der Waals surface area contributed by atoms with Gasteiger partial charge in [-0.05, 0) is 105 Å². The largest absolute Gasteiger partial charge is 0.497 e. The van der Waals surface area contributed by atoms with E-state index >= 15 is 4.39 Å². The molecule has 3 aromatic rings. The first-order valence-corrected chi connectivity index (χ1v) is 12.8. The van der Waals surface area contributed by atoms with Gasteiger partial charge in [-0.15, -0.1) is 0 Å². The van der Waals surface area contributed by atoms with Crippen LogP contribution in [-0.4, -0.2) is 57.9 Å². The van der Waals surface area contributed by atoms with Crippen molar-refractivity contribution in [1.82, 2.24) is 20.1 Å². The highest BCUT2D eigenvalue weighted by Gasteiger charge is 2.30. The van der Waals surface area contributed by atoms with Gasteiger partial charge in [0, 0.05) is 30.7 Å². The van der Waals surface area contributed by atoms with Crippen molar-refractivity contribution < 1.29 is 19.0 Å². The number of alkyl halides is 1. The summed E-state index contributed by atoms with van der Waals surface area (Å²) < 4.78 is 20.8. The highest BCUT2D eigenvalue weighted by molar-refractivity contribution is 5.83. The van der Waals surface area contributed by atoms with Gasteiger partial charge in [0.15, 0.2) is 0 Å².